The Labute approximate surface area is 92.7 Å². The summed E-state index contributed by atoms with van der Waals surface area (Å²) in [6.45, 7) is 2.52. The first-order chi connectivity index (χ1) is 7.72. The first-order valence-electron chi connectivity index (χ1n) is 5.03. The van der Waals surface area contributed by atoms with E-state index >= 15 is 0 Å². The standard InChI is InChI=1S/C10H12N4O2/c1-13-7-8(6-11)9(12-10(13)15)14-2-4-16-5-3-14/h7H,2-5H2,1H3. The number of ether oxygens (including phenoxy) is 1. The minimum atomic E-state index is -0.347. The van der Waals surface area contributed by atoms with E-state index in [1.807, 2.05) is 4.90 Å². The number of hydrogen-bond acceptors (Lipinski definition) is 5. The molecule has 1 aromatic rings. The van der Waals surface area contributed by atoms with Crippen molar-refractivity contribution in [2.75, 3.05) is 31.2 Å². The van der Waals surface area contributed by atoms with Crippen LogP contribution in [0, 0.1) is 11.3 Å². The molecule has 2 heterocycles. The Bertz CT molecular complexity index is 483. The van der Waals surface area contributed by atoms with E-state index < -0.39 is 0 Å². The van der Waals surface area contributed by atoms with Gasteiger partial charge in [-0.3, -0.25) is 0 Å². The molecular weight excluding hydrogens is 208 g/mol. The molecule has 6 nitrogen and oxygen atoms in total. The van der Waals surface area contributed by atoms with Gasteiger partial charge >= 0.3 is 5.69 Å². The Morgan fingerprint density at radius 2 is 2.19 bits per heavy atom. The number of rotatable bonds is 1. The van der Waals surface area contributed by atoms with Crippen LogP contribution in [0.1, 0.15) is 5.56 Å². The highest BCUT2D eigenvalue weighted by molar-refractivity contribution is 5.52. The number of morpholine rings is 1. The molecule has 2 rings (SSSR count). The zero-order chi connectivity index (χ0) is 11.5. The summed E-state index contributed by atoms with van der Waals surface area (Å²) in [4.78, 5) is 17.3. The van der Waals surface area contributed by atoms with Crippen molar-refractivity contribution in [3.63, 3.8) is 0 Å². The van der Waals surface area contributed by atoms with E-state index in [-0.39, 0.29) is 5.69 Å². The smallest absolute Gasteiger partial charge is 0.349 e. The molecule has 0 spiro atoms. The van der Waals surface area contributed by atoms with E-state index in [1.54, 1.807) is 7.05 Å². The van der Waals surface area contributed by atoms with Crippen LogP contribution >= 0.6 is 0 Å². The molecule has 0 radical (unpaired) electrons. The maximum absolute atomic E-state index is 11.4. The van der Waals surface area contributed by atoms with Crippen molar-refractivity contribution in [1.29, 1.82) is 5.26 Å². The van der Waals surface area contributed by atoms with Crippen LogP contribution in [-0.4, -0.2) is 35.9 Å². The predicted octanol–water partition coefficient (Wildman–Crippen LogP) is -0.511. The van der Waals surface area contributed by atoms with Crippen LogP contribution in [0.25, 0.3) is 0 Å². The normalized spacial score (nSPS) is 15.9. The summed E-state index contributed by atoms with van der Waals surface area (Å²) in [5.41, 5.74) is 0.0736. The maximum atomic E-state index is 11.4. The van der Waals surface area contributed by atoms with Crippen molar-refractivity contribution in [3.8, 4) is 6.07 Å². The Hall–Kier alpha value is -1.87. The minimum absolute atomic E-state index is 0.347. The van der Waals surface area contributed by atoms with Gasteiger partial charge in [-0.15, -0.1) is 0 Å². The molecule has 1 aliphatic heterocycles. The van der Waals surface area contributed by atoms with Crippen LogP contribution in [0.4, 0.5) is 5.82 Å². The molecule has 16 heavy (non-hydrogen) atoms. The van der Waals surface area contributed by atoms with Gasteiger partial charge in [-0.2, -0.15) is 10.2 Å². The van der Waals surface area contributed by atoms with E-state index in [2.05, 4.69) is 11.1 Å². The zero-order valence-corrected chi connectivity index (χ0v) is 9.01. The van der Waals surface area contributed by atoms with Gasteiger partial charge in [0.2, 0.25) is 0 Å². The largest absolute Gasteiger partial charge is 0.378 e. The Morgan fingerprint density at radius 1 is 1.50 bits per heavy atom. The summed E-state index contributed by atoms with van der Waals surface area (Å²) in [6, 6.07) is 2.06. The lowest BCUT2D eigenvalue weighted by Crippen LogP contribution is -2.39. The number of aryl methyl sites for hydroxylation is 1. The molecule has 0 atom stereocenters. The molecule has 0 bridgehead atoms. The number of aromatic nitrogens is 2. The molecule has 0 saturated carbocycles. The highest BCUT2D eigenvalue weighted by Gasteiger charge is 2.17. The fourth-order valence-corrected chi connectivity index (χ4v) is 1.63. The monoisotopic (exact) mass is 220 g/mol. The van der Waals surface area contributed by atoms with Gasteiger partial charge in [-0.05, 0) is 0 Å². The van der Waals surface area contributed by atoms with Gasteiger partial charge < -0.3 is 14.2 Å². The summed E-state index contributed by atoms with van der Waals surface area (Å²) in [7, 11) is 1.58. The Balaban J connectivity index is 2.42. The highest BCUT2D eigenvalue weighted by Crippen LogP contribution is 2.15. The molecule has 0 N–H and O–H groups in total. The van der Waals surface area contributed by atoms with Gasteiger partial charge in [0.25, 0.3) is 0 Å². The third-order valence-electron chi connectivity index (χ3n) is 2.50. The van der Waals surface area contributed by atoms with Gasteiger partial charge in [0, 0.05) is 26.3 Å². The average molecular weight is 220 g/mol. The van der Waals surface area contributed by atoms with Crippen molar-refractivity contribution >= 4 is 5.82 Å². The fraction of sp³-hybridized carbons (Fsp3) is 0.500. The molecule has 1 saturated heterocycles. The van der Waals surface area contributed by atoms with E-state index in [0.29, 0.717) is 37.7 Å². The summed E-state index contributed by atoms with van der Waals surface area (Å²) in [5.74, 6) is 0.467. The zero-order valence-electron chi connectivity index (χ0n) is 9.01. The average Bonchev–Trinajstić information content (AvgIpc) is 2.33. The number of nitrogens with zero attached hydrogens (tertiary/aromatic N) is 4. The van der Waals surface area contributed by atoms with Gasteiger partial charge in [0.1, 0.15) is 11.6 Å². The summed E-state index contributed by atoms with van der Waals surface area (Å²) >= 11 is 0. The minimum Gasteiger partial charge on any atom is -0.378 e. The molecule has 0 aromatic carbocycles. The first kappa shape index (κ1) is 10.6. The number of anilines is 1. The van der Waals surface area contributed by atoms with Crippen LogP contribution < -0.4 is 10.6 Å². The second-order valence-corrected chi connectivity index (χ2v) is 3.58. The van der Waals surface area contributed by atoms with E-state index in [4.69, 9.17) is 10.00 Å². The van der Waals surface area contributed by atoms with Crippen molar-refractivity contribution in [1.82, 2.24) is 9.55 Å². The van der Waals surface area contributed by atoms with E-state index in [9.17, 15) is 4.79 Å². The van der Waals surface area contributed by atoms with Gasteiger partial charge in [-0.25, -0.2) is 4.79 Å². The third-order valence-corrected chi connectivity index (χ3v) is 2.50. The van der Waals surface area contributed by atoms with Crippen molar-refractivity contribution < 1.29 is 4.74 Å². The van der Waals surface area contributed by atoms with Crippen LogP contribution in [0.5, 0.6) is 0 Å². The topological polar surface area (TPSA) is 71.2 Å². The van der Waals surface area contributed by atoms with Gasteiger partial charge in [0.05, 0.1) is 13.2 Å². The van der Waals surface area contributed by atoms with Crippen molar-refractivity contribution in [2.45, 2.75) is 0 Å². The molecule has 0 aliphatic carbocycles. The number of hydrogen-bond donors (Lipinski definition) is 0. The van der Waals surface area contributed by atoms with Crippen molar-refractivity contribution in [3.05, 3.63) is 22.2 Å². The third kappa shape index (κ3) is 1.90. The van der Waals surface area contributed by atoms with Crippen molar-refractivity contribution in [2.24, 2.45) is 7.05 Å². The molecule has 84 valence electrons. The lowest BCUT2D eigenvalue weighted by atomic mass is 10.3. The molecule has 6 heteroatoms. The summed E-state index contributed by atoms with van der Waals surface area (Å²) < 4.78 is 6.52. The van der Waals surface area contributed by atoms with E-state index in [1.165, 1.54) is 10.8 Å². The second kappa shape index (κ2) is 4.33. The van der Waals surface area contributed by atoms with E-state index in [0.717, 1.165) is 0 Å². The second-order valence-electron chi connectivity index (χ2n) is 3.58. The highest BCUT2D eigenvalue weighted by atomic mass is 16.5. The number of nitriles is 1. The molecule has 1 fully saturated rings. The van der Waals surface area contributed by atoms with Gasteiger partial charge in [0.15, 0.2) is 5.82 Å². The Kier molecular flexibility index (Phi) is 2.88. The lowest BCUT2D eigenvalue weighted by molar-refractivity contribution is 0.122. The predicted molar refractivity (Wildman–Crippen MR) is 57.2 cm³/mol. The molecular formula is C10H12N4O2. The maximum Gasteiger partial charge on any atom is 0.349 e. The first-order valence-corrected chi connectivity index (χ1v) is 5.03. The van der Waals surface area contributed by atoms with Crippen LogP contribution in [0.15, 0.2) is 11.0 Å². The van der Waals surface area contributed by atoms with Crippen LogP contribution in [-0.2, 0) is 11.8 Å². The van der Waals surface area contributed by atoms with Crippen LogP contribution in [0.3, 0.4) is 0 Å². The molecule has 1 aliphatic rings. The summed E-state index contributed by atoms with van der Waals surface area (Å²) in [6.07, 6.45) is 1.51. The molecule has 0 unspecified atom stereocenters. The van der Waals surface area contributed by atoms with Gasteiger partial charge in [-0.1, -0.05) is 0 Å². The fourth-order valence-electron chi connectivity index (χ4n) is 1.63. The SMILES string of the molecule is Cn1cc(C#N)c(N2CCOCC2)nc1=O. The quantitative estimate of drug-likeness (QED) is 0.637. The molecule has 0 amide bonds. The summed E-state index contributed by atoms with van der Waals surface area (Å²) in [5, 5.41) is 9.00. The van der Waals surface area contributed by atoms with Crippen LogP contribution in [0.2, 0.25) is 0 Å². The Morgan fingerprint density at radius 3 is 2.81 bits per heavy atom. The lowest BCUT2D eigenvalue weighted by Gasteiger charge is -2.28. The molecule has 1 aromatic heterocycles.